The maximum absolute atomic E-state index is 16.6. The Morgan fingerprint density at radius 2 is 1.74 bits per heavy atom. The number of carbonyl (C=O) groups is 2. The van der Waals surface area contributed by atoms with Crippen molar-refractivity contribution in [1.82, 2.24) is 39.6 Å². The van der Waals surface area contributed by atoms with Crippen molar-refractivity contribution in [1.29, 1.82) is 0 Å². The van der Waals surface area contributed by atoms with Crippen molar-refractivity contribution in [3.8, 4) is 16.9 Å². The third kappa shape index (κ3) is 7.13. The number of amides is 2. The second-order valence-electron chi connectivity index (χ2n) is 13.2. The normalized spacial score (nSPS) is 18.5. The monoisotopic (exact) mass is 690 g/mol. The average molecular weight is 691 g/mol. The molecule has 0 bridgehead atoms. The molecule has 0 spiro atoms. The number of aromatic amines is 1. The molecule has 2 amide bonds. The first-order valence-corrected chi connectivity index (χ1v) is 17.1. The summed E-state index contributed by atoms with van der Waals surface area (Å²) in [5.41, 5.74) is 3.00. The summed E-state index contributed by atoms with van der Waals surface area (Å²) in [5.74, 6) is -2.77. The molecular weight excluding hydrogens is 649 g/mol. The number of ether oxygens (including phenoxy) is 1. The lowest BCUT2D eigenvalue weighted by molar-refractivity contribution is -0.131. The number of alkyl halides is 2. The van der Waals surface area contributed by atoms with Crippen molar-refractivity contribution in [2.75, 3.05) is 72.6 Å². The summed E-state index contributed by atoms with van der Waals surface area (Å²) in [4.78, 5) is 37.6. The standard InChI is InChI=1S/C36H41F3N8O3/c1-50-31-7-3-2-6-26(31)28-21-27(25-5-4-11-46(23-25)32(48)8-12-47-14-10-40-42-47)33(37)34-29(28)22-30(41-34)35(49)45-19-17-43(18-20-45)15-16-44-13-9-36(38,39)24-44/h2-3,5-7,10,14,21-22,41H,4,8-9,11-13,15-20,23-24H2,1H3. The number of hydrogen-bond donors (Lipinski definition) is 1. The molecule has 2 aromatic carbocycles. The Bertz CT molecular complexity index is 1880. The Hall–Kier alpha value is -4.69. The number of piperazine rings is 1. The number of H-pyrrole nitrogens is 1. The fourth-order valence-electron chi connectivity index (χ4n) is 7.20. The molecule has 5 heterocycles. The van der Waals surface area contributed by atoms with E-state index in [-0.39, 0.29) is 49.0 Å². The Labute approximate surface area is 288 Å². The Kier molecular flexibility index (Phi) is 9.65. The van der Waals surface area contributed by atoms with Gasteiger partial charge in [0.1, 0.15) is 11.4 Å². The summed E-state index contributed by atoms with van der Waals surface area (Å²) >= 11 is 0. The predicted molar refractivity (Wildman–Crippen MR) is 182 cm³/mol. The third-order valence-corrected chi connectivity index (χ3v) is 10.00. The zero-order valence-corrected chi connectivity index (χ0v) is 28.1. The number of hydrogen-bond acceptors (Lipinski definition) is 7. The number of aromatic nitrogens is 4. The minimum Gasteiger partial charge on any atom is -0.496 e. The summed E-state index contributed by atoms with van der Waals surface area (Å²) in [7, 11) is 1.58. The predicted octanol–water partition coefficient (Wildman–Crippen LogP) is 4.38. The fourth-order valence-corrected chi connectivity index (χ4v) is 7.20. The van der Waals surface area contributed by atoms with E-state index >= 15 is 4.39 Å². The zero-order valence-electron chi connectivity index (χ0n) is 28.1. The van der Waals surface area contributed by atoms with Gasteiger partial charge in [-0.15, -0.1) is 5.10 Å². The molecule has 7 rings (SSSR count). The molecule has 2 fully saturated rings. The Morgan fingerprint density at radius 1 is 0.940 bits per heavy atom. The van der Waals surface area contributed by atoms with Gasteiger partial charge >= 0.3 is 0 Å². The number of aryl methyl sites for hydroxylation is 1. The van der Waals surface area contributed by atoms with E-state index in [4.69, 9.17) is 4.74 Å². The molecular formula is C36H41F3N8O3. The molecule has 0 unspecified atom stereocenters. The lowest BCUT2D eigenvalue weighted by Gasteiger charge is -2.35. The van der Waals surface area contributed by atoms with Gasteiger partial charge in [0.05, 0.1) is 31.9 Å². The van der Waals surface area contributed by atoms with Crippen molar-refractivity contribution >= 4 is 28.3 Å². The summed E-state index contributed by atoms with van der Waals surface area (Å²) < 4.78 is 51.1. The number of fused-ring (bicyclic) bond motifs is 1. The van der Waals surface area contributed by atoms with Gasteiger partial charge in [0, 0.05) is 94.5 Å². The quantitative estimate of drug-likeness (QED) is 0.264. The van der Waals surface area contributed by atoms with E-state index in [0.717, 1.165) is 5.56 Å². The molecule has 2 aromatic heterocycles. The van der Waals surface area contributed by atoms with E-state index in [1.165, 1.54) is 0 Å². The lowest BCUT2D eigenvalue weighted by atomic mass is 9.93. The largest absolute Gasteiger partial charge is 0.496 e. The first kappa shape index (κ1) is 33.8. The number of rotatable bonds is 10. The van der Waals surface area contributed by atoms with Crippen LogP contribution in [0.15, 0.2) is 54.9 Å². The highest BCUT2D eigenvalue weighted by Crippen LogP contribution is 2.40. The second kappa shape index (κ2) is 14.3. The van der Waals surface area contributed by atoms with Gasteiger partial charge in [0.25, 0.3) is 11.8 Å². The highest BCUT2D eigenvalue weighted by Gasteiger charge is 2.38. The minimum absolute atomic E-state index is 0.0528. The van der Waals surface area contributed by atoms with Crippen molar-refractivity contribution in [3.05, 3.63) is 71.9 Å². The number of likely N-dealkylation sites (tertiary alicyclic amines) is 1. The molecule has 3 aliphatic heterocycles. The first-order chi connectivity index (χ1) is 24.2. The van der Waals surface area contributed by atoms with E-state index in [1.807, 2.05) is 30.3 Å². The van der Waals surface area contributed by atoms with Crippen LogP contribution in [-0.2, 0) is 11.3 Å². The van der Waals surface area contributed by atoms with Crippen molar-refractivity contribution in [2.45, 2.75) is 31.7 Å². The van der Waals surface area contributed by atoms with Crippen LogP contribution in [0.25, 0.3) is 27.6 Å². The van der Waals surface area contributed by atoms with E-state index < -0.39 is 11.7 Å². The molecule has 264 valence electrons. The topological polar surface area (TPSA) is 103 Å². The van der Waals surface area contributed by atoms with Gasteiger partial charge in [-0.2, -0.15) is 0 Å². The van der Waals surface area contributed by atoms with Gasteiger partial charge < -0.3 is 19.5 Å². The van der Waals surface area contributed by atoms with Crippen LogP contribution in [0.4, 0.5) is 13.2 Å². The van der Waals surface area contributed by atoms with Gasteiger partial charge in [0.15, 0.2) is 5.82 Å². The van der Waals surface area contributed by atoms with Crippen molar-refractivity contribution < 1.29 is 27.5 Å². The summed E-state index contributed by atoms with van der Waals surface area (Å²) in [6, 6.07) is 11.0. The summed E-state index contributed by atoms with van der Waals surface area (Å²) in [6.07, 6.45) is 5.98. The number of nitrogens with zero attached hydrogens (tertiary/aromatic N) is 7. The third-order valence-electron chi connectivity index (χ3n) is 10.00. The summed E-state index contributed by atoms with van der Waals surface area (Å²) in [6.45, 7) is 4.85. The molecule has 11 nitrogen and oxygen atoms in total. The number of methoxy groups -OCH3 is 1. The average Bonchev–Trinajstić information content (AvgIpc) is 3.90. The Balaban J connectivity index is 1.12. The van der Waals surface area contributed by atoms with Crippen LogP contribution in [0.2, 0.25) is 0 Å². The molecule has 0 atom stereocenters. The highest BCUT2D eigenvalue weighted by atomic mass is 19.3. The summed E-state index contributed by atoms with van der Waals surface area (Å²) in [5, 5.41) is 8.27. The molecule has 2 saturated heterocycles. The van der Waals surface area contributed by atoms with Gasteiger partial charge in [0.2, 0.25) is 5.91 Å². The number of halogens is 3. The molecule has 14 heteroatoms. The van der Waals surface area contributed by atoms with Gasteiger partial charge in [-0.3, -0.25) is 24.1 Å². The van der Waals surface area contributed by atoms with Crippen molar-refractivity contribution in [3.63, 3.8) is 0 Å². The number of benzene rings is 2. The maximum Gasteiger partial charge on any atom is 0.270 e. The zero-order chi connectivity index (χ0) is 34.8. The van der Waals surface area contributed by atoms with Gasteiger partial charge in [-0.05, 0) is 35.8 Å². The van der Waals surface area contributed by atoms with E-state index in [0.29, 0.717) is 93.2 Å². The van der Waals surface area contributed by atoms with Crippen LogP contribution in [0.1, 0.15) is 35.3 Å². The number of carbonyl (C=O) groups excluding carboxylic acids is 2. The van der Waals surface area contributed by atoms with Crippen LogP contribution < -0.4 is 4.74 Å². The molecule has 0 aliphatic carbocycles. The van der Waals surface area contributed by atoms with Crippen LogP contribution in [0.3, 0.4) is 0 Å². The first-order valence-electron chi connectivity index (χ1n) is 17.1. The Morgan fingerprint density at radius 3 is 2.48 bits per heavy atom. The van der Waals surface area contributed by atoms with Gasteiger partial charge in [-0.1, -0.05) is 29.5 Å². The number of para-hydroxylation sites is 1. The molecule has 50 heavy (non-hydrogen) atoms. The van der Waals surface area contributed by atoms with E-state index in [2.05, 4.69) is 20.2 Å². The lowest BCUT2D eigenvalue weighted by Crippen LogP contribution is -2.50. The van der Waals surface area contributed by atoms with Crippen molar-refractivity contribution in [2.24, 2.45) is 0 Å². The smallest absolute Gasteiger partial charge is 0.270 e. The second-order valence-corrected chi connectivity index (χ2v) is 13.2. The number of nitrogens with one attached hydrogen (secondary N) is 1. The molecule has 0 radical (unpaired) electrons. The van der Waals surface area contributed by atoms with Crippen LogP contribution in [-0.4, -0.2) is 130 Å². The molecule has 3 aliphatic rings. The SMILES string of the molecule is COc1ccccc1-c1cc(C2=CCCN(C(=O)CCn3ccnn3)C2)c(F)c2[nH]c(C(=O)N3CCN(CCN4CCC(F)(F)C4)CC3)cc12. The van der Waals surface area contributed by atoms with E-state index in [1.54, 1.807) is 51.0 Å². The highest BCUT2D eigenvalue weighted by molar-refractivity contribution is 6.05. The molecule has 1 N–H and O–H groups in total. The maximum atomic E-state index is 16.6. The van der Waals surface area contributed by atoms with Crippen LogP contribution in [0.5, 0.6) is 5.75 Å². The van der Waals surface area contributed by atoms with Crippen LogP contribution in [0, 0.1) is 5.82 Å². The van der Waals surface area contributed by atoms with Gasteiger partial charge in [-0.25, -0.2) is 13.2 Å². The fraction of sp³-hybridized carbons (Fsp3) is 0.444. The minimum atomic E-state index is -2.61. The molecule has 4 aromatic rings. The van der Waals surface area contributed by atoms with Crippen LogP contribution >= 0.6 is 0 Å². The molecule has 0 saturated carbocycles. The van der Waals surface area contributed by atoms with E-state index in [9.17, 15) is 18.4 Å².